The highest BCUT2D eigenvalue weighted by molar-refractivity contribution is 7.98. The highest BCUT2D eigenvalue weighted by Crippen LogP contribution is 2.21. The summed E-state index contributed by atoms with van der Waals surface area (Å²) < 4.78 is 13.3. The summed E-state index contributed by atoms with van der Waals surface area (Å²) in [6.45, 7) is 1.61. The van der Waals surface area contributed by atoms with Crippen LogP contribution in [0, 0.1) is 11.7 Å². The van der Waals surface area contributed by atoms with E-state index in [0.717, 1.165) is 5.56 Å². The van der Waals surface area contributed by atoms with Gasteiger partial charge in [0.05, 0.1) is 5.92 Å². The van der Waals surface area contributed by atoms with Gasteiger partial charge in [-0.2, -0.15) is 0 Å². The molecule has 2 nitrogen and oxygen atoms in total. The van der Waals surface area contributed by atoms with Crippen molar-refractivity contribution < 1.29 is 14.3 Å². The van der Waals surface area contributed by atoms with Crippen molar-refractivity contribution in [2.24, 2.45) is 5.92 Å². The molecule has 0 spiro atoms. The molecule has 1 unspecified atom stereocenters. The van der Waals surface area contributed by atoms with Crippen LogP contribution in [0.1, 0.15) is 12.5 Å². The molecular formula is C11H13FO2S. The molecule has 0 aliphatic heterocycles. The monoisotopic (exact) mass is 228 g/mol. The zero-order chi connectivity index (χ0) is 11.4. The normalized spacial score (nSPS) is 12.5. The van der Waals surface area contributed by atoms with Crippen LogP contribution < -0.4 is 0 Å². The largest absolute Gasteiger partial charge is 0.481 e. The van der Waals surface area contributed by atoms with Crippen LogP contribution in [0.2, 0.25) is 0 Å². The number of aliphatic carboxylic acids is 1. The minimum Gasteiger partial charge on any atom is -0.481 e. The van der Waals surface area contributed by atoms with Crippen molar-refractivity contribution in [3.63, 3.8) is 0 Å². The summed E-state index contributed by atoms with van der Waals surface area (Å²) in [4.78, 5) is 11.2. The Balaban J connectivity index is 2.79. The van der Waals surface area contributed by atoms with E-state index < -0.39 is 11.9 Å². The van der Waals surface area contributed by atoms with E-state index in [2.05, 4.69) is 0 Å². The zero-order valence-electron chi connectivity index (χ0n) is 8.66. The van der Waals surface area contributed by atoms with Gasteiger partial charge in [-0.15, -0.1) is 11.8 Å². The molecule has 0 aliphatic carbocycles. The third kappa shape index (κ3) is 3.23. The van der Waals surface area contributed by atoms with Gasteiger partial charge < -0.3 is 5.11 Å². The minimum absolute atomic E-state index is 0.280. The Morgan fingerprint density at radius 2 is 2.27 bits per heavy atom. The predicted octanol–water partition coefficient (Wildman–Crippen LogP) is 2.81. The molecule has 0 fully saturated rings. The summed E-state index contributed by atoms with van der Waals surface area (Å²) in [6, 6.07) is 4.86. The number of thioether (sulfide) groups is 1. The summed E-state index contributed by atoms with van der Waals surface area (Å²) in [6.07, 6.45) is 2.17. The maximum atomic E-state index is 13.3. The maximum Gasteiger partial charge on any atom is 0.306 e. The van der Waals surface area contributed by atoms with Crippen LogP contribution in [-0.4, -0.2) is 17.3 Å². The quantitative estimate of drug-likeness (QED) is 0.805. The summed E-state index contributed by atoms with van der Waals surface area (Å²) >= 11 is 1.34. The molecule has 1 N–H and O–H groups in total. The topological polar surface area (TPSA) is 37.3 Å². The molecule has 4 heteroatoms. The Kier molecular flexibility index (Phi) is 4.15. The van der Waals surface area contributed by atoms with Crippen molar-refractivity contribution in [3.8, 4) is 0 Å². The fraction of sp³-hybridized carbons (Fsp3) is 0.364. The second-order valence-corrected chi connectivity index (χ2v) is 4.26. The Bertz CT molecular complexity index is 366. The van der Waals surface area contributed by atoms with E-state index >= 15 is 0 Å². The molecule has 1 aromatic rings. The van der Waals surface area contributed by atoms with Gasteiger partial charge in [0.25, 0.3) is 0 Å². The minimum atomic E-state index is -0.857. The molecule has 0 saturated heterocycles. The van der Waals surface area contributed by atoms with Gasteiger partial charge in [-0.3, -0.25) is 4.79 Å². The first-order valence-corrected chi connectivity index (χ1v) is 5.82. The molecule has 1 atom stereocenters. The Hall–Kier alpha value is -1.03. The number of benzene rings is 1. The van der Waals surface area contributed by atoms with E-state index in [1.54, 1.807) is 25.3 Å². The smallest absolute Gasteiger partial charge is 0.306 e. The fourth-order valence-electron chi connectivity index (χ4n) is 1.28. The van der Waals surface area contributed by atoms with Crippen LogP contribution in [0.5, 0.6) is 0 Å². The molecule has 0 heterocycles. The highest BCUT2D eigenvalue weighted by atomic mass is 32.2. The third-order valence-electron chi connectivity index (χ3n) is 2.18. The number of hydrogen-bond donors (Lipinski definition) is 1. The van der Waals surface area contributed by atoms with Crippen molar-refractivity contribution in [2.75, 3.05) is 6.26 Å². The summed E-state index contributed by atoms with van der Waals surface area (Å²) in [5.41, 5.74) is 0.722. The molecule has 0 bridgehead atoms. The van der Waals surface area contributed by atoms with Crippen LogP contribution >= 0.6 is 11.8 Å². The van der Waals surface area contributed by atoms with Crippen molar-refractivity contribution in [1.82, 2.24) is 0 Å². The first kappa shape index (κ1) is 12.0. The van der Waals surface area contributed by atoms with Gasteiger partial charge in [0.15, 0.2) is 0 Å². The summed E-state index contributed by atoms with van der Waals surface area (Å²) in [5.74, 6) is -1.62. The van der Waals surface area contributed by atoms with E-state index in [-0.39, 0.29) is 5.82 Å². The number of carboxylic acids is 1. The molecule has 0 saturated carbocycles. The van der Waals surface area contributed by atoms with Gasteiger partial charge in [0.1, 0.15) is 5.82 Å². The average molecular weight is 228 g/mol. The van der Waals surface area contributed by atoms with E-state index in [0.29, 0.717) is 11.3 Å². The predicted molar refractivity (Wildman–Crippen MR) is 58.7 cm³/mol. The number of halogens is 1. The molecule has 0 radical (unpaired) electrons. The summed E-state index contributed by atoms with van der Waals surface area (Å²) in [5, 5.41) is 8.72. The highest BCUT2D eigenvalue weighted by Gasteiger charge is 2.12. The number of hydrogen-bond acceptors (Lipinski definition) is 2. The molecule has 1 aromatic carbocycles. The lowest BCUT2D eigenvalue weighted by molar-refractivity contribution is -0.141. The Morgan fingerprint density at radius 1 is 1.60 bits per heavy atom. The van der Waals surface area contributed by atoms with Gasteiger partial charge in [-0.1, -0.05) is 13.0 Å². The zero-order valence-corrected chi connectivity index (χ0v) is 9.47. The lowest BCUT2D eigenvalue weighted by Gasteiger charge is -2.07. The Labute approximate surface area is 92.5 Å². The molecular weight excluding hydrogens is 215 g/mol. The maximum absolute atomic E-state index is 13.3. The van der Waals surface area contributed by atoms with Crippen LogP contribution in [0.25, 0.3) is 0 Å². The van der Waals surface area contributed by atoms with Gasteiger partial charge >= 0.3 is 5.97 Å². The van der Waals surface area contributed by atoms with Crippen LogP contribution in [0.4, 0.5) is 4.39 Å². The first-order valence-electron chi connectivity index (χ1n) is 4.59. The van der Waals surface area contributed by atoms with Crippen LogP contribution in [0.15, 0.2) is 23.1 Å². The van der Waals surface area contributed by atoms with Crippen LogP contribution in [-0.2, 0) is 11.2 Å². The van der Waals surface area contributed by atoms with Gasteiger partial charge in [-0.25, -0.2) is 4.39 Å². The molecule has 15 heavy (non-hydrogen) atoms. The molecule has 0 amide bonds. The van der Waals surface area contributed by atoms with Gasteiger partial charge in [0, 0.05) is 4.90 Å². The molecule has 82 valence electrons. The van der Waals surface area contributed by atoms with Crippen LogP contribution in [0.3, 0.4) is 0 Å². The second kappa shape index (κ2) is 5.16. The van der Waals surface area contributed by atoms with Crippen molar-refractivity contribution in [2.45, 2.75) is 18.2 Å². The number of carbonyl (C=O) groups is 1. The molecule has 1 rings (SSSR count). The van der Waals surface area contributed by atoms with Gasteiger partial charge in [-0.05, 0) is 30.4 Å². The molecule has 0 aromatic heterocycles. The van der Waals surface area contributed by atoms with Crippen molar-refractivity contribution >= 4 is 17.7 Å². The van der Waals surface area contributed by atoms with Gasteiger partial charge in [0.2, 0.25) is 0 Å². The lowest BCUT2D eigenvalue weighted by atomic mass is 10.0. The second-order valence-electron chi connectivity index (χ2n) is 3.41. The van der Waals surface area contributed by atoms with Crippen molar-refractivity contribution in [1.29, 1.82) is 0 Å². The number of rotatable bonds is 4. The third-order valence-corrected chi connectivity index (χ3v) is 2.95. The molecule has 0 aliphatic rings. The fourth-order valence-corrected chi connectivity index (χ4v) is 1.74. The van der Waals surface area contributed by atoms with E-state index in [1.165, 1.54) is 17.8 Å². The van der Waals surface area contributed by atoms with E-state index in [9.17, 15) is 9.18 Å². The van der Waals surface area contributed by atoms with E-state index in [1.807, 2.05) is 0 Å². The summed E-state index contributed by atoms with van der Waals surface area (Å²) in [7, 11) is 0. The Morgan fingerprint density at radius 3 is 2.73 bits per heavy atom. The lowest BCUT2D eigenvalue weighted by Crippen LogP contribution is -2.12. The van der Waals surface area contributed by atoms with Crippen molar-refractivity contribution in [3.05, 3.63) is 29.6 Å². The number of carboxylic acid groups (broad SMARTS) is 1. The average Bonchev–Trinajstić information content (AvgIpc) is 2.18. The standard InChI is InChI=1S/C11H13FO2S/c1-7(11(13)14)5-8-3-4-10(15-2)9(12)6-8/h3-4,6-7H,5H2,1-2H3,(H,13,14). The SMILES string of the molecule is CSc1ccc(CC(C)C(=O)O)cc1F. The first-order chi connectivity index (χ1) is 7.04. The van der Waals surface area contributed by atoms with E-state index in [4.69, 9.17) is 5.11 Å².